The normalized spacial score (nSPS) is 11.9. The molecule has 1 unspecified atom stereocenters. The summed E-state index contributed by atoms with van der Waals surface area (Å²) >= 11 is 1.29. The first-order valence-electron chi connectivity index (χ1n) is 17.5. The topological polar surface area (TPSA) is 269 Å². The number of esters is 1. The summed E-state index contributed by atoms with van der Waals surface area (Å²) < 4.78 is 67.6. The number of hydrogen-bond acceptors (Lipinski definition) is 14. The Labute approximate surface area is 345 Å². The van der Waals surface area contributed by atoms with Crippen molar-refractivity contribution in [3.8, 4) is 17.2 Å². The van der Waals surface area contributed by atoms with Gasteiger partial charge in [-0.2, -0.15) is 17.8 Å². The number of thioether (sulfide) groups is 1. The summed E-state index contributed by atoms with van der Waals surface area (Å²) in [6.45, 7) is 8.89. The largest absolute Gasteiger partial charge is 0.489 e. The highest BCUT2D eigenvalue weighted by molar-refractivity contribution is 7.98. The zero-order valence-corrected chi connectivity index (χ0v) is 35.6. The summed E-state index contributed by atoms with van der Waals surface area (Å²) in [7, 11) is -1.88. The van der Waals surface area contributed by atoms with Crippen molar-refractivity contribution in [3.63, 3.8) is 0 Å². The van der Waals surface area contributed by atoms with Crippen molar-refractivity contribution < 1.29 is 56.4 Å². The van der Waals surface area contributed by atoms with Crippen molar-refractivity contribution in [2.45, 2.75) is 70.5 Å². The van der Waals surface area contributed by atoms with Gasteiger partial charge in [-0.25, -0.2) is 14.2 Å². The number of nitrogen functional groups attached to an aromatic ring is 1. The molecule has 0 aliphatic rings. The van der Waals surface area contributed by atoms with Gasteiger partial charge in [0.2, 0.25) is 5.16 Å². The first-order valence-corrected chi connectivity index (χ1v) is 20.5. The third-order valence-electron chi connectivity index (χ3n) is 7.83. The van der Waals surface area contributed by atoms with Gasteiger partial charge in [0, 0.05) is 24.1 Å². The number of ether oxygens (including phenoxy) is 3. The van der Waals surface area contributed by atoms with E-state index in [9.17, 15) is 41.7 Å². The molecule has 0 fully saturated rings. The van der Waals surface area contributed by atoms with Crippen LogP contribution in [0, 0.1) is 0 Å². The summed E-state index contributed by atoms with van der Waals surface area (Å²) in [4.78, 5) is 74.3. The molecule has 19 nitrogen and oxygen atoms in total. The smallest absolute Gasteiger partial charge is 0.431 e. The molecule has 60 heavy (non-hydrogen) atoms. The highest BCUT2D eigenvalue weighted by atomic mass is 32.2. The molecular formula is C36H47F3N7O12PS. The van der Waals surface area contributed by atoms with E-state index in [1.54, 1.807) is 13.2 Å². The van der Waals surface area contributed by atoms with Crippen LogP contribution in [0.15, 0.2) is 68.1 Å². The minimum absolute atomic E-state index is 0.0779. The van der Waals surface area contributed by atoms with Crippen molar-refractivity contribution in [1.82, 2.24) is 29.3 Å². The Hall–Kier alpha value is -5.48. The van der Waals surface area contributed by atoms with E-state index in [0.29, 0.717) is 43.1 Å². The maximum absolute atomic E-state index is 13.1. The van der Waals surface area contributed by atoms with Crippen LogP contribution in [0.2, 0.25) is 0 Å². The fourth-order valence-electron chi connectivity index (χ4n) is 4.74. The fourth-order valence-corrected chi connectivity index (χ4v) is 5.55. The van der Waals surface area contributed by atoms with E-state index in [1.165, 1.54) is 43.1 Å². The molecule has 2 heterocycles. The Morgan fingerprint density at radius 3 is 2.15 bits per heavy atom. The third-order valence-corrected chi connectivity index (χ3v) is 9.11. The molecule has 330 valence electrons. The van der Waals surface area contributed by atoms with E-state index >= 15 is 0 Å². The van der Waals surface area contributed by atoms with Gasteiger partial charge in [0.25, 0.3) is 11.1 Å². The van der Waals surface area contributed by atoms with Gasteiger partial charge in [0.05, 0.1) is 25.6 Å². The first-order chi connectivity index (χ1) is 27.7. The van der Waals surface area contributed by atoms with Gasteiger partial charge in [-0.1, -0.05) is 51.6 Å². The molecule has 1 atom stereocenters. The average molecular weight is 890 g/mol. The molecule has 4 rings (SSSR count). The van der Waals surface area contributed by atoms with E-state index in [4.69, 9.17) is 34.9 Å². The predicted molar refractivity (Wildman–Crippen MR) is 214 cm³/mol. The van der Waals surface area contributed by atoms with Crippen LogP contribution in [-0.4, -0.2) is 83.1 Å². The number of halogens is 3. The van der Waals surface area contributed by atoms with Crippen LogP contribution in [-0.2, 0) is 50.6 Å². The second-order valence-electron chi connectivity index (χ2n) is 13.5. The fraction of sp³-hybridized carbons (Fsp3) is 0.417. The number of nitrogens with two attached hydrogens (primary N) is 1. The Morgan fingerprint density at radius 2 is 1.65 bits per heavy atom. The zero-order valence-electron chi connectivity index (χ0n) is 33.8. The summed E-state index contributed by atoms with van der Waals surface area (Å²) in [5, 5.41) is 18.2. The zero-order chi connectivity index (χ0) is 45.7. The number of aromatic nitrogens is 5. The number of rotatable bonds is 13. The van der Waals surface area contributed by atoms with E-state index < -0.39 is 61.6 Å². The van der Waals surface area contributed by atoms with Crippen LogP contribution >= 0.6 is 19.4 Å². The Balaban J connectivity index is 0.000000420. The van der Waals surface area contributed by atoms with Gasteiger partial charge >= 0.3 is 31.4 Å². The number of carbonyl (C=O) groups excluding carboxylic acids is 1. The minimum Gasteiger partial charge on any atom is -0.489 e. The number of methoxy groups -OCH3 is 1. The Morgan fingerprint density at radius 1 is 1.03 bits per heavy atom. The van der Waals surface area contributed by atoms with Gasteiger partial charge in [0.1, 0.15) is 29.5 Å². The van der Waals surface area contributed by atoms with Crippen LogP contribution in [0.5, 0.6) is 11.5 Å². The highest BCUT2D eigenvalue weighted by Gasteiger charge is 2.35. The predicted octanol–water partition coefficient (Wildman–Crippen LogP) is 2.80. The summed E-state index contributed by atoms with van der Waals surface area (Å²) in [6.07, 6.45) is -3.71. The number of aliphatic carboxylic acids is 1. The average Bonchev–Trinajstić information content (AvgIpc) is 3.15. The van der Waals surface area contributed by atoms with E-state index in [0.717, 1.165) is 23.7 Å². The summed E-state index contributed by atoms with van der Waals surface area (Å²) in [6, 6.07) is 11.7. The lowest BCUT2D eigenvalue weighted by atomic mass is 9.93. The van der Waals surface area contributed by atoms with Crippen LogP contribution in [0.3, 0.4) is 0 Å². The Kier molecular flexibility index (Phi) is 18.3. The molecule has 0 spiro atoms. The van der Waals surface area contributed by atoms with Crippen LogP contribution in [0.1, 0.15) is 57.1 Å². The van der Waals surface area contributed by atoms with Gasteiger partial charge in [0.15, 0.2) is 6.10 Å². The number of carboxylic acid groups (broad SMARTS) is 1. The van der Waals surface area contributed by atoms with Crippen molar-refractivity contribution in [2.75, 3.05) is 32.0 Å². The molecule has 0 amide bonds. The number of benzene rings is 2. The standard InChI is InChI=1S/C25H25F3N2O6.C8H14N4OS.C3H8NO5P/c1-5-16-6-7-17(20(12-16)36-15(2)23(32)34-4)14-35-19-10-8-18(9-11-19)30-22(31)13-21(25(26,27)28)29(3)24(30)33;1-8(2,3)5-6(13)12(9)7(14-4)11-10-5;5-3(6)1-4-2-10(7,8)9/h6-13,15H,5,14H2,1-4H3;9H2,1-4H3;4H,1-2H2,(H,5,6)(H2,7,8,9). The number of carbonyl (C=O) groups is 2. The molecule has 2 aromatic heterocycles. The van der Waals surface area contributed by atoms with Crippen molar-refractivity contribution >= 4 is 31.3 Å². The maximum atomic E-state index is 13.1. The van der Waals surface area contributed by atoms with Gasteiger partial charge in [-0.3, -0.25) is 28.8 Å². The molecule has 0 bridgehead atoms. The molecule has 24 heteroatoms. The van der Waals surface area contributed by atoms with Crippen LogP contribution in [0.4, 0.5) is 13.2 Å². The molecule has 0 saturated carbocycles. The lowest BCUT2D eigenvalue weighted by molar-refractivity contribution is -0.148. The molecular weight excluding hydrogens is 842 g/mol. The van der Waals surface area contributed by atoms with Gasteiger partial charge in [-0.05, 0) is 55.5 Å². The second-order valence-corrected chi connectivity index (χ2v) is 15.9. The lowest BCUT2D eigenvalue weighted by Crippen LogP contribution is -2.40. The maximum Gasteiger partial charge on any atom is 0.431 e. The molecule has 0 saturated heterocycles. The van der Waals surface area contributed by atoms with E-state index in [2.05, 4.69) is 15.5 Å². The van der Waals surface area contributed by atoms with E-state index in [-0.39, 0.29) is 23.3 Å². The number of alkyl halides is 3. The van der Waals surface area contributed by atoms with E-state index in [1.807, 2.05) is 45.9 Å². The van der Waals surface area contributed by atoms with Crippen molar-refractivity contribution in [3.05, 3.63) is 102 Å². The van der Waals surface area contributed by atoms with Gasteiger partial charge in [-0.15, -0.1) is 10.2 Å². The Bertz CT molecular complexity index is 2340. The molecule has 4 aromatic rings. The van der Waals surface area contributed by atoms with Gasteiger partial charge < -0.3 is 34.9 Å². The first kappa shape index (κ1) is 50.7. The number of carboxylic acids is 1. The van der Waals surface area contributed by atoms with Crippen molar-refractivity contribution in [2.24, 2.45) is 7.05 Å². The molecule has 0 aliphatic carbocycles. The second kappa shape index (κ2) is 21.7. The quantitative estimate of drug-likeness (QED) is 0.0559. The number of hydrogen-bond donors (Lipinski definition) is 5. The molecule has 2 aromatic carbocycles. The number of nitrogens with one attached hydrogen (secondary N) is 1. The third kappa shape index (κ3) is 15.0. The highest BCUT2D eigenvalue weighted by Crippen LogP contribution is 2.32. The molecule has 6 N–H and O–H groups in total. The molecule has 0 aliphatic heterocycles. The van der Waals surface area contributed by atoms with Crippen LogP contribution < -0.4 is 37.4 Å². The number of aryl methyl sites for hydroxylation is 1. The minimum atomic E-state index is -4.84. The SMILES string of the molecule is CCc1ccc(COc2ccc(-n3c(=O)cc(C(F)(F)F)n(C)c3=O)cc2)c(OC(C)C(=O)OC)c1.CSc1nnc(C(C)(C)C)c(=O)n1N.O=C(O)CNCP(=O)(O)O. The van der Waals surface area contributed by atoms with Crippen LogP contribution in [0.25, 0.3) is 5.69 Å². The summed E-state index contributed by atoms with van der Waals surface area (Å²) in [5.74, 6) is 4.74. The number of nitrogens with zero attached hydrogens (tertiary/aromatic N) is 5. The molecule has 0 radical (unpaired) electrons. The van der Waals surface area contributed by atoms with Crippen molar-refractivity contribution in [1.29, 1.82) is 0 Å². The summed E-state index contributed by atoms with van der Waals surface area (Å²) in [5.41, 5.74) is -2.03. The monoisotopic (exact) mass is 889 g/mol. The lowest BCUT2D eigenvalue weighted by Gasteiger charge is -2.17.